The van der Waals surface area contributed by atoms with E-state index in [-0.39, 0.29) is 5.82 Å². The van der Waals surface area contributed by atoms with E-state index >= 15 is 0 Å². The first kappa shape index (κ1) is 12.2. The first-order valence-electron chi connectivity index (χ1n) is 6.85. The van der Waals surface area contributed by atoms with Crippen molar-refractivity contribution in [1.82, 2.24) is 14.8 Å². The summed E-state index contributed by atoms with van der Waals surface area (Å²) >= 11 is 0. The summed E-state index contributed by atoms with van der Waals surface area (Å²) in [5.74, 6) is -0.240. The van der Waals surface area contributed by atoms with E-state index in [0.29, 0.717) is 18.0 Å². The van der Waals surface area contributed by atoms with E-state index in [4.69, 9.17) is 0 Å². The van der Waals surface area contributed by atoms with E-state index in [9.17, 15) is 9.18 Å². The average molecular weight is 281 g/mol. The third-order valence-corrected chi connectivity index (χ3v) is 3.81. The molecule has 1 fully saturated rings. The van der Waals surface area contributed by atoms with E-state index in [1.54, 1.807) is 24.4 Å². The molecule has 0 unspecified atom stereocenters. The Morgan fingerprint density at radius 1 is 1.24 bits per heavy atom. The Morgan fingerprint density at radius 2 is 2.10 bits per heavy atom. The molecule has 1 saturated carbocycles. The molecule has 0 atom stereocenters. The zero-order chi connectivity index (χ0) is 14.4. The van der Waals surface area contributed by atoms with Gasteiger partial charge in [0.2, 0.25) is 0 Å². The van der Waals surface area contributed by atoms with Crippen LogP contribution >= 0.6 is 0 Å². The third-order valence-electron chi connectivity index (χ3n) is 3.81. The van der Waals surface area contributed by atoms with E-state index < -0.39 is 0 Å². The van der Waals surface area contributed by atoms with Crippen molar-refractivity contribution in [2.45, 2.75) is 18.9 Å². The van der Waals surface area contributed by atoms with Gasteiger partial charge in [-0.3, -0.25) is 4.79 Å². The molecule has 1 aliphatic carbocycles. The maximum atomic E-state index is 13.5. The molecular weight excluding hydrogens is 269 g/mol. The van der Waals surface area contributed by atoms with E-state index in [2.05, 4.69) is 14.8 Å². The summed E-state index contributed by atoms with van der Waals surface area (Å²) in [5, 5.41) is 8.61. The quantitative estimate of drug-likeness (QED) is 0.691. The van der Waals surface area contributed by atoms with Gasteiger partial charge in [-0.2, -0.15) is 5.10 Å². The summed E-state index contributed by atoms with van der Waals surface area (Å²) in [6, 6.07) is 8.93. The Kier molecular flexibility index (Phi) is 2.60. The lowest BCUT2D eigenvalue weighted by atomic mass is 10.2. The van der Waals surface area contributed by atoms with Gasteiger partial charge in [0.05, 0.1) is 17.4 Å². The van der Waals surface area contributed by atoms with Crippen LogP contribution in [0.1, 0.15) is 29.4 Å². The van der Waals surface area contributed by atoms with Gasteiger partial charge in [-0.05, 0) is 43.2 Å². The number of aldehydes is 1. The van der Waals surface area contributed by atoms with Gasteiger partial charge in [-0.25, -0.2) is 4.39 Å². The Labute approximate surface area is 120 Å². The molecule has 2 heterocycles. The molecule has 3 aromatic rings. The molecule has 21 heavy (non-hydrogen) atoms. The van der Waals surface area contributed by atoms with Gasteiger partial charge in [0, 0.05) is 17.0 Å². The fraction of sp³-hybridized carbons (Fsp3) is 0.188. The van der Waals surface area contributed by atoms with Crippen LogP contribution in [-0.4, -0.2) is 21.1 Å². The minimum atomic E-state index is -0.240. The highest BCUT2D eigenvalue weighted by Crippen LogP contribution is 2.42. The van der Waals surface area contributed by atoms with Crippen molar-refractivity contribution in [2.75, 3.05) is 0 Å². The van der Waals surface area contributed by atoms with Gasteiger partial charge in [-0.15, -0.1) is 5.10 Å². The number of hydrogen-bond acceptors (Lipinski definition) is 3. The highest BCUT2D eigenvalue weighted by molar-refractivity contribution is 5.88. The van der Waals surface area contributed by atoms with Gasteiger partial charge in [0.25, 0.3) is 0 Å². The Hall–Kier alpha value is -2.56. The van der Waals surface area contributed by atoms with Crippen molar-refractivity contribution >= 4 is 17.2 Å². The third kappa shape index (κ3) is 2.01. The van der Waals surface area contributed by atoms with Crippen molar-refractivity contribution in [3.63, 3.8) is 0 Å². The molecule has 4 rings (SSSR count). The highest BCUT2D eigenvalue weighted by Gasteiger charge is 2.28. The normalized spacial score (nSPS) is 14.5. The summed E-state index contributed by atoms with van der Waals surface area (Å²) in [7, 11) is 0. The standard InChI is InChI=1S/C16H12FN3O/c17-12-2-1-10-6-15(11-5-13(9-21)19-18-8-11)20(14-3-4-14)16(10)7-12/h1-2,5-9,14H,3-4H2. The second-order valence-corrected chi connectivity index (χ2v) is 5.32. The van der Waals surface area contributed by atoms with Crippen LogP contribution in [0.25, 0.3) is 22.2 Å². The number of fused-ring (bicyclic) bond motifs is 1. The molecule has 4 nitrogen and oxygen atoms in total. The van der Waals surface area contributed by atoms with Gasteiger partial charge in [-0.1, -0.05) is 0 Å². The number of benzene rings is 1. The molecule has 0 aliphatic heterocycles. The summed E-state index contributed by atoms with van der Waals surface area (Å²) < 4.78 is 15.7. The fourth-order valence-electron chi connectivity index (χ4n) is 2.72. The van der Waals surface area contributed by atoms with Gasteiger partial charge < -0.3 is 4.57 Å². The second-order valence-electron chi connectivity index (χ2n) is 5.32. The first-order valence-corrected chi connectivity index (χ1v) is 6.85. The largest absolute Gasteiger partial charge is 0.337 e. The van der Waals surface area contributed by atoms with Crippen LogP contribution in [0.15, 0.2) is 36.5 Å². The van der Waals surface area contributed by atoms with Crippen LogP contribution in [0.2, 0.25) is 0 Å². The molecule has 0 bridgehead atoms. The molecule has 0 N–H and O–H groups in total. The molecule has 2 aromatic heterocycles. The lowest BCUT2D eigenvalue weighted by Crippen LogP contribution is -1.99. The molecule has 104 valence electrons. The predicted molar refractivity (Wildman–Crippen MR) is 76.6 cm³/mol. The maximum absolute atomic E-state index is 13.5. The lowest BCUT2D eigenvalue weighted by Gasteiger charge is -2.09. The van der Waals surface area contributed by atoms with Crippen molar-refractivity contribution in [1.29, 1.82) is 0 Å². The zero-order valence-corrected chi connectivity index (χ0v) is 11.2. The zero-order valence-electron chi connectivity index (χ0n) is 11.2. The number of rotatable bonds is 3. The molecule has 0 spiro atoms. The minimum absolute atomic E-state index is 0.240. The van der Waals surface area contributed by atoms with Crippen LogP contribution < -0.4 is 0 Å². The fourth-order valence-corrected chi connectivity index (χ4v) is 2.72. The number of halogens is 1. The summed E-state index contributed by atoms with van der Waals surface area (Å²) in [6.07, 6.45) is 4.50. The first-order chi connectivity index (χ1) is 10.3. The summed E-state index contributed by atoms with van der Waals surface area (Å²) in [6.45, 7) is 0. The van der Waals surface area contributed by atoms with Crippen LogP contribution in [-0.2, 0) is 0 Å². The van der Waals surface area contributed by atoms with Crippen LogP contribution in [0, 0.1) is 5.82 Å². The molecule has 5 heteroatoms. The van der Waals surface area contributed by atoms with E-state index in [1.807, 2.05) is 6.07 Å². The average Bonchev–Trinajstić information content (AvgIpc) is 3.28. The number of hydrogen-bond donors (Lipinski definition) is 0. The Balaban J connectivity index is 1.99. The number of carbonyl (C=O) groups is 1. The van der Waals surface area contributed by atoms with E-state index in [0.717, 1.165) is 35.0 Å². The SMILES string of the molecule is O=Cc1cc(-c2cc3ccc(F)cc3n2C2CC2)cnn1. The number of nitrogens with zero attached hydrogens (tertiary/aromatic N) is 3. The Bertz CT molecular complexity index is 852. The number of aromatic nitrogens is 3. The van der Waals surface area contributed by atoms with Crippen LogP contribution in [0.3, 0.4) is 0 Å². The van der Waals surface area contributed by atoms with Crippen LogP contribution in [0.5, 0.6) is 0 Å². The predicted octanol–water partition coefficient (Wildman–Crippen LogP) is 3.38. The van der Waals surface area contributed by atoms with Gasteiger partial charge in [0.1, 0.15) is 11.5 Å². The van der Waals surface area contributed by atoms with Crippen molar-refractivity contribution in [3.8, 4) is 11.3 Å². The van der Waals surface area contributed by atoms with Gasteiger partial charge >= 0.3 is 0 Å². The monoisotopic (exact) mass is 281 g/mol. The van der Waals surface area contributed by atoms with Crippen LogP contribution in [0.4, 0.5) is 4.39 Å². The highest BCUT2D eigenvalue weighted by atomic mass is 19.1. The lowest BCUT2D eigenvalue weighted by molar-refractivity contribution is 0.111. The number of carbonyl (C=O) groups excluding carboxylic acids is 1. The molecule has 0 saturated heterocycles. The molecular formula is C16H12FN3O. The van der Waals surface area contributed by atoms with Crippen molar-refractivity contribution in [2.24, 2.45) is 0 Å². The smallest absolute Gasteiger partial charge is 0.170 e. The molecule has 1 aromatic carbocycles. The van der Waals surface area contributed by atoms with E-state index in [1.165, 1.54) is 6.07 Å². The van der Waals surface area contributed by atoms with Crippen molar-refractivity contribution in [3.05, 3.63) is 48.0 Å². The molecule has 1 aliphatic rings. The Morgan fingerprint density at radius 3 is 2.86 bits per heavy atom. The van der Waals surface area contributed by atoms with Gasteiger partial charge in [0.15, 0.2) is 6.29 Å². The second kappa shape index (κ2) is 4.48. The summed E-state index contributed by atoms with van der Waals surface area (Å²) in [4.78, 5) is 10.9. The molecule has 0 radical (unpaired) electrons. The maximum Gasteiger partial charge on any atom is 0.170 e. The van der Waals surface area contributed by atoms with Crippen molar-refractivity contribution < 1.29 is 9.18 Å². The summed E-state index contributed by atoms with van der Waals surface area (Å²) in [5.41, 5.74) is 2.97. The topological polar surface area (TPSA) is 47.8 Å². The molecule has 0 amide bonds. The minimum Gasteiger partial charge on any atom is -0.337 e.